The first kappa shape index (κ1) is 8.96. The molecule has 2 aliphatic heterocycles. The lowest BCUT2D eigenvalue weighted by molar-refractivity contribution is 0.623. The van der Waals surface area contributed by atoms with Gasteiger partial charge in [-0.05, 0) is 43.5 Å². The molecule has 1 saturated heterocycles. The zero-order valence-electron chi connectivity index (χ0n) is 8.57. The zero-order valence-corrected chi connectivity index (χ0v) is 8.57. The second-order valence-electron chi connectivity index (χ2n) is 4.35. The van der Waals surface area contributed by atoms with Crippen LogP contribution in [0.25, 0.3) is 0 Å². The van der Waals surface area contributed by atoms with Crippen molar-refractivity contribution in [3.05, 3.63) is 42.2 Å². The third kappa shape index (κ3) is 1.44. The molecule has 2 heteroatoms. The van der Waals surface area contributed by atoms with Gasteiger partial charge in [-0.3, -0.25) is 0 Å². The van der Waals surface area contributed by atoms with E-state index in [1.807, 2.05) is 12.1 Å². The van der Waals surface area contributed by atoms with Gasteiger partial charge >= 0.3 is 0 Å². The number of anilines is 1. The summed E-state index contributed by atoms with van der Waals surface area (Å²) < 4.78 is 12.8. The number of hydrogen-bond donors (Lipinski definition) is 0. The smallest absolute Gasteiger partial charge is 0.123 e. The maximum atomic E-state index is 12.8. The van der Waals surface area contributed by atoms with Crippen molar-refractivity contribution in [3.63, 3.8) is 0 Å². The van der Waals surface area contributed by atoms with Crippen molar-refractivity contribution in [1.29, 1.82) is 0 Å². The van der Waals surface area contributed by atoms with Gasteiger partial charge in [-0.15, -0.1) is 0 Å². The minimum atomic E-state index is -0.154. The minimum Gasteiger partial charge on any atom is -0.362 e. The SMILES string of the molecule is Fc1ccc(N2[C@@H]3CC=C[C@H]2CC3)cc1. The molecule has 2 bridgehead atoms. The largest absolute Gasteiger partial charge is 0.362 e. The molecule has 78 valence electrons. The summed E-state index contributed by atoms with van der Waals surface area (Å²) in [7, 11) is 0. The molecular weight excluding hydrogens is 189 g/mol. The molecule has 15 heavy (non-hydrogen) atoms. The maximum Gasteiger partial charge on any atom is 0.123 e. The van der Waals surface area contributed by atoms with Gasteiger partial charge in [0.1, 0.15) is 5.82 Å². The van der Waals surface area contributed by atoms with E-state index < -0.39 is 0 Å². The molecule has 0 aliphatic carbocycles. The third-order valence-corrected chi connectivity index (χ3v) is 3.44. The predicted octanol–water partition coefficient (Wildman–Crippen LogP) is 3.12. The average Bonchev–Trinajstić information content (AvgIpc) is 2.51. The molecule has 1 fully saturated rings. The van der Waals surface area contributed by atoms with Crippen molar-refractivity contribution in [2.45, 2.75) is 31.3 Å². The highest BCUT2D eigenvalue weighted by Gasteiger charge is 2.33. The summed E-state index contributed by atoms with van der Waals surface area (Å²) in [5.74, 6) is -0.154. The van der Waals surface area contributed by atoms with Gasteiger partial charge in [0, 0.05) is 17.8 Å². The Kier molecular flexibility index (Phi) is 2.01. The van der Waals surface area contributed by atoms with Crippen molar-refractivity contribution in [2.75, 3.05) is 4.90 Å². The van der Waals surface area contributed by atoms with E-state index in [0.29, 0.717) is 12.1 Å². The highest BCUT2D eigenvalue weighted by atomic mass is 19.1. The Bertz CT molecular complexity index is 382. The summed E-state index contributed by atoms with van der Waals surface area (Å²) in [6.07, 6.45) is 8.19. The molecule has 0 amide bonds. The van der Waals surface area contributed by atoms with E-state index in [4.69, 9.17) is 0 Å². The lowest BCUT2D eigenvalue weighted by atomic mass is 10.1. The highest BCUT2D eigenvalue weighted by Crippen LogP contribution is 2.35. The Morgan fingerprint density at radius 3 is 2.67 bits per heavy atom. The molecule has 2 heterocycles. The molecule has 3 rings (SSSR count). The Morgan fingerprint density at radius 2 is 1.93 bits per heavy atom. The Labute approximate surface area is 89.2 Å². The second-order valence-corrected chi connectivity index (χ2v) is 4.35. The second kappa shape index (κ2) is 3.37. The first-order valence-corrected chi connectivity index (χ1v) is 5.55. The van der Waals surface area contributed by atoms with Crippen LogP contribution < -0.4 is 4.90 Å². The van der Waals surface area contributed by atoms with Crippen LogP contribution in [0.5, 0.6) is 0 Å². The van der Waals surface area contributed by atoms with Crippen LogP contribution >= 0.6 is 0 Å². The van der Waals surface area contributed by atoms with Crippen LogP contribution in [-0.2, 0) is 0 Å². The van der Waals surface area contributed by atoms with Gasteiger partial charge in [0.25, 0.3) is 0 Å². The lowest BCUT2D eigenvalue weighted by Crippen LogP contribution is -2.37. The topological polar surface area (TPSA) is 3.24 Å². The van der Waals surface area contributed by atoms with E-state index in [9.17, 15) is 4.39 Å². The van der Waals surface area contributed by atoms with Crippen LogP contribution in [0.15, 0.2) is 36.4 Å². The van der Waals surface area contributed by atoms with Gasteiger partial charge in [-0.2, -0.15) is 0 Å². The fraction of sp³-hybridized carbons (Fsp3) is 0.385. The number of hydrogen-bond acceptors (Lipinski definition) is 1. The summed E-state index contributed by atoms with van der Waals surface area (Å²) >= 11 is 0. The molecule has 0 radical (unpaired) electrons. The van der Waals surface area contributed by atoms with Crippen molar-refractivity contribution in [3.8, 4) is 0 Å². The van der Waals surface area contributed by atoms with Crippen LogP contribution in [0, 0.1) is 5.82 Å². The molecule has 1 aromatic rings. The van der Waals surface area contributed by atoms with Gasteiger partial charge in [0.05, 0.1) is 0 Å². The molecule has 0 saturated carbocycles. The number of benzene rings is 1. The van der Waals surface area contributed by atoms with Gasteiger partial charge in [-0.1, -0.05) is 12.2 Å². The van der Waals surface area contributed by atoms with Crippen LogP contribution in [-0.4, -0.2) is 12.1 Å². The summed E-state index contributed by atoms with van der Waals surface area (Å²) in [6.45, 7) is 0. The predicted molar refractivity (Wildman–Crippen MR) is 59.4 cm³/mol. The molecule has 0 spiro atoms. The molecule has 0 unspecified atom stereocenters. The standard InChI is InChI=1S/C13H14FN/c14-10-4-6-13(7-5-10)15-11-2-1-3-12(15)9-8-11/h1-2,4-7,11-12H,3,8-9H2/t11-,12+/m0/s1. The van der Waals surface area contributed by atoms with E-state index >= 15 is 0 Å². The van der Waals surface area contributed by atoms with E-state index in [1.54, 1.807) is 12.1 Å². The Hall–Kier alpha value is -1.31. The van der Waals surface area contributed by atoms with E-state index in [-0.39, 0.29) is 5.82 Å². The molecular formula is C13H14FN. The molecule has 0 aromatic heterocycles. The van der Waals surface area contributed by atoms with Crippen molar-refractivity contribution < 1.29 is 4.39 Å². The Balaban J connectivity index is 1.94. The maximum absolute atomic E-state index is 12.8. The van der Waals surface area contributed by atoms with Crippen LogP contribution in [0.1, 0.15) is 19.3 Å². The quantitative estimate of drug-likeness (QED) is 0.634. The molecule has 2 atom stereocenters. The first-order valence-electron chi connectivity index (χ1n) is 5.55. The van der Waals surface area contributed by atoms with E-state index in [2.05, 4.69) is 17.1 Å². The Morgan fingerprint density at radius 1 is 1.13 bits per heavy atom. The van der Waals surface area contributed by atoms with Crippen LogP contribution in [0.3, 0.4) is 0 Å². The van der Waals surface area contributed by atoms with Crippen molar-refractivity contribution in [2.24, 2.45) is 0 Å². The van der Waals surface area contributed by atoms with E-state index in [1.165, 1.54) is 12.8 Å². The molecule has 0 N–H and O–H groups in total. The minimum absolute atomic E-state index is 0.154. The normalized spacial score (nSPS) is 28.5. The summed E-state index contributed by atoms with van der Waals surface area (Å²) in [6, 6.07) is 8.04. The van der Waals surface area contributed by atoms with Gasteiger partial charge in [0.2, 0.25) is 0 Å². The molecule has 2 aliphatic rings. The highest BCUT2D eigenvalue weighted by molar-refractivity contribution is 5.52. The van der Waals surface area contributed by atoms with Crippen LogP contribution in [0.2, 0.25) is 0 Å². The van der Waals surface area contributed by atoms with Crippen LogP contribution in [0.4, 0.5) is 10.1 Å². The fourth-order valence-corrected chi connectivity index (χ4v) is 2.74. The zero-order chi connectivity index (χ0) is 10.3. The van der Waals surface area contributed by atoms with Crippen molar-refractivity contribution in [1.82, 2.24) is 0 Å². The number of nitrogens with zero attached hydrogens (tertiary/aromatic N) is 1. The number of fused-ring (bicyclic) bond motifs is 2. The molecule has 1 aromatic carbocycles. The summed E-state index contributed by atoms with van der Waals surface area (Å²) in [5, 5.41) is 0. The monoisotopic (exact) mass is 203 g/mol. The summed E-state index contributed by atoms with van der Waals surface area (Å²) in [4.78, 5) is 2.43. The fourth-order valence-electron chi connectivity index (χ4n) is 2.74. The number of rotatable bonds is 1. The molecule has 1 nitrogen and oxygen atoms in total. The lowest BCUT2D eigenvalue weighted by Gasteiger charge is -2.33. The van der Waals surface area contributed by atoms with E-state index in [0.717, 1.165) is 12.1 Å². The third-order valence-electron chi connectivity index (χ3n) is 3.44. The van der Waals surface area contributed by atoms with Gasteiger partial charge in [0.15, 0.2) is 0 Å². The van der Waals surface area contributed by atoms with Crippen molar-refractivity contribution >= 4 is 5.69 Å². The van der Waals surface area contributed by atoms with Gasteiger partial charge < -0.3 is 4.90 Å². The van der Waals surface area contributed by atoms with Gasteiger partial charge in [-0.25, -0.2) is 4.39 Å². The summed E-state index contributed by atoms with van der Waals surface area (Å²) in [5.41, 5.74) is 1.16. The average molecular weight is 203 g/mol. The first-order chi connectivity index (χ1) is 7.34. The number of halogens is 1.